The van der Waals surface area contributed by atoms with Gasteiger partial charge in [-0.3, -0.25) is 4.79 Å². The van der Waals surface area contributed by atoms with E-state index in [9.17, 15) is 4.79 Å². The van der Waals surface area contributed by atoms with E-state index in [1.165, 1.54) is 12.8 Å². The van der Waals surface area contributed by atoms with Gasteiger partial charge < -0.3 is 9.47 Å². The number of rotatable bonds is 4. The molecule has 3 rings (SSSR count). The smallest absolute Gasteiger partial charge is 0.306 e. The second-order valence-corrected chi connectivity index (χ2v) is 7.76. The van der Waals surface area contributed by atoms with Crippen molar-refractivity contribution in [2.24, 2.45) is 16.7 Å². The molecule has 1 heterocycles. The van der Waals surface area contributed by atoms with Crippen molar-refractivity contribution in [2.75, 3.05) is 6.61 Å². The van der Waals surface area contributed by atoms with E-state index < -0.39 is 0 Å². The van der Waals surface area contributed by atoms with Gasteiger partial charge in [0.15, 0.2) is 0 Å². The Bertz CT molecular complexity index is 384. The van der Waals surface area contributed by atoms with Crippen LogP contribution in [0.3, 0.4) is 0 Å². The van der Waals surface area contributed by atoms with Gasteiger partial charge in [-0.25, -0.2) is 0 Å². The van der Waals surface area contributed by atoms with Gasteiger partial charge in [0.2, 0.25) is 0 Å². The Morgan fingerprint density at radius 1 is 1.30 bits per heavy atom. The molecule has 3 fully saturated rings. The molecule has 2 saturated carbocycles. The van der Waals surface area contributed by atoms with Crippen LogP contribution in [0.15, 0.2) is 0 Å². The summed E-state index contributed by atoms with van der Waals surface area (Å²) in [6.45, 7) is 7.88. The number of hydrogen-bond donors (Lipinski definition) is 0. The number of ether oxygens (including phenoxy) is 2. The van der Waals surface area contributed by atoms with Crippen LogP contribution in [-0.4, -0.2) is 24.8 Å². The zero-order valence-electron chi connectivity index (χ0n) is 13.1. The van der Waals surface area contributed by atoms with Crippen molar-refractivity contribution < 1.29 is 14.3 Å². The molecule has 1 aliphatic heterocycles. The first-order valence-corrected chi connectivity index (χ1v) is 8.24. The maximum absolute atomic E-state index is 12.1. The normalized spacial score (nSPS) is 42.0. The summed E-state index contributed by atoms with van der Waals surface area (Å²) in [5, 5.41) is 0. The van der Waals surface area contributed by atoms with Crippen LogP contribution in [0.25, 0.3) is 0 Å². The highest BCUT2D eigenvalue weighted by molar-refractivity contribution is 5.69. The molecular weight excluding hydrogens is 252 g/mol. The van der Waals surface area contributed by atoms with Crippen LogP contribution >= 0.6 is 0 Å². The van der Waals surface area contributed by atoms with Gasteiger partial charge in [-0.15, -0.1) is 0 Å². The third kappa shape index (κ3) is 2.18. The molecule has 3 nitrogen and oxygen atoms in total. The molecule has 0 aromatic heterocycles. The maximum atomic E-state index is 12.1. The molecule has 3 aliphatic rings. The Morgan fingerprint density at radius 2 is 2.10 bits per heavy atom. The highest BCUT2D eigenvalue weighted by Gasteiger charge is 2.62. The Balaban J connectivity index is 1.52. The summed E-state index contributed by atoms with van der Waals surface area (Å²) in [7, 11) is 0. The van der Waals surface area contributed by atoms with Crippen molar-refractivity contribution >= 4 is 5.97 Å². The predicted molar refractivity (Wildman–Crippen MR) is 77.3 cm³/mol. The van der Waals surface area contributed by atoms with Crippen LogP contribution in [0, 0.1) is 16.7 Å². The second kappa shape index (κ2) is 5.01. The highest BCUT2D eigenvalue weighted by Crippen LogP contribution is 2.66. The number of carbonyl (C=O) groups excluding carboxylic acids is 1. The van der Waals surface area contributed by atoms with Gasteiger partial charge in [0.1, 0.15) is 6.10 Å². The van der Waals surface area contributed by atoms with Crippen molar-refractivity contribution in [1.82, 2.24) is 0 Å². The van der Waals surface area contributed by atoms with Crippen molar-refractivity contribution in [3.63, 3.8) is 0 Å². The Hall–Kier alpha value is -0.570. The Morgan fingerprint density at radius 3 is 2.65 bits per heavy atom. The van der Waals surface area contributed by atoms with Crippen molar-refractivity contribution in [3.8, 4) is 0 Å². The van der Waals surface area contributed by atoms with Gasteiger partial charge in [-0.05, 0) is 49.9 Å². The van der Waals surface area contributed by atoms with Gasteiger partial charge >= 0.3 is 5.97 Å². The third-order valence-corrected chi connectivity index (χ3v) is 6.68. The lowest BCUT2D eigenvalue weighted by atomic mass is 9.70. The molecule has 0 spiro atoms. The minimum atomic E-state index is -0.0184. The Labute approximate surface area is 122 Å². The van der Waals surface area contributed by atoms with E-state index in [4.69, 9.17) is 9.47 Å². The van der Waals surface area contributed by atoms with Crippen molar-refractivity contribution in [1.29, 1.82) is 0 Å². The van der Waals surface area contributed by atoms with Crippen molar-refractivity contribution in [3.05, 3.63) is 0 Å². The lowest BCUT2D eigenvalue weighted by Gasteiger charge is -2.38. The highest BCUT2D eigenvalue weighted by atomic mass is 16.5. The summed E-state index contributed by atoms with van der Waals surface area (Å²) in [6.07, 6.45) is 7.57. The molecule has 4 atom stereocenters. The molecule has 20 heavy (non-hydrogen) atoms. The number of fused-ring (bicyclic) bond motifs is 2. The quantitative estimate of drug-likeness (QED) is 0.737. The van der Waals surface area contributed by atoms with E-state index in [-0.39, 0.29) is 23.6 Å². The van der Waals surface area contributed by atoms with E-state index in [1.807, 2.05) is 0 Å². The fourth-order valence-electron chi connectivity index (χ4n) is 4.68. The molecule has 0 amide bonds. The van der Waals surface area contributed by atoms with Gasteiger partial charge in [-0.1, -0.05) is 20.8 Å². The number of esters is 1. The van der Waals surface area contributed by atoms with Crippen LogP contribution in [0.4, 0.5) is 0 Å². The summed E-state index contributed by atoms with van der Waals surface area (Å²) < 4.78 is 11.4. The number of carbonyl (C=O) groups is 1. The van der Waals surface area contributed by atoms with Gasteiger partial charge in [0.25, 0.3) is 0 Å². The average Bonchev–Trinajstić information content (AvgIpc) is 3.02. The van der Waals surface area contributed by atoms with Crippen LogP contribution in [0.1, 0.15) is 65.7 Å². The molecule has 4 unspecified atom stereocenters. The predicted octanol–water partition coefficient (Wildman–Crippen LogP) is 3.70. The van der Waals surface area contributed by atoms with E-state index in [0.29, 0.717) is 11.8 Å². The van der Waals surface area contributed by atoms with Crippen LogP contribution < -0.4 is 0 Å². The van der Waals surface area contributed by atoms with E-state index >= 15 is 0 Å². The summed E-state index contributed by atoms with van der Waals surface area (Å²) in [5.41, 5.74) is 0.490. The first-order chi connectivity index (χ1) is 9.43. The second-order valence-electron chi connectivity index (χ2n) is 7.76. The first kappa shape index (κ1) is 14.4. The molecule has 3 heteroatoms. The largest absolute Gasteiger partial charge is 0.462 e. The van der Waals surface area contributed by atoms with E-state index in [1.54, 1.807) is 0 Å². The summed E-state index contributed by atoms with van der Waals surface area (Å²) in [6, 6.07) is 0. The molecular formula is C17H28O3. The summed E-state index contributed by atoms with van der Waals surface area (Å²) >= 11 is 0. The topological polar surface area (TPSA) is 35.5 Å². The molecule has 0 radical (unpaired) electrons. The van der Waals surface area contributed by atoms with E-state index in [0.717, 1.165) is 38.2 Å². The van der Waals surface area contributed by atoms with Gasteiger partial charge in [0.05, 0.1) is 6.10 Å². The average molecular weight is 280 g/mol. The van der Waals surface area contributed by atoms with Crippen molar-refractivity contribution in [2.45, 2.75) is 77.9 Å². The molecule has 2 bridgehead atoms. The molecule has 0 aromatic rings. The fraction of sp³-hybridized carbons (Fsp3) is 0.941. The first-order valence-electron chi connectivity index (χ1n) is 8.24. The monoisotopic (exact) mass is 280 g/mol. The standard InChI is InChI=1S/C17H28O3/c1-16(2)12-8-9-17(16,3)14(11-12)20-15(18)7-6-13-5-4-10-19-13/h12-14H,4-11H2,1-3H3. The van der Waals surface area contributed by atoms with Crippen LogP contribution in [-0.2, 0) is 14.3 Å². The summed E-state index contributed by atoms with van der Waals surface area (Å²) in [4.78, 5) is 12.1. The minimum absolute atomic E-state index is 0.0184. The molecule has 2 aliphatic carbocycles. The minimum Gasteiger partial charge on any atom is -0.462 e. The lowest BCUT2D eigenvalue weighted by Crippen LogP contribution is -2.38. The zero-order chi connectivity index (χ0) is 14.4. The lowest BCUT2D eigenvalue weighted by molar-refractivity contribution is -0.157. The maximum Gasteiger partial charge on any atom is 0.306 e. The van der Waals surface area contributed by atoms with E-state index in [2.05, 4.69) is 20.8 Å². The van der Waals surface area contributed by atoms with Gasteiger partial charge in [-0.2, -0.15) is 0 Å². The fourth-order valence-corrected chi connectivity index (χ4v) is 4.68. The summed E-state index contributed by atoms with van der Waals surface area (Å²) in [5.74, 6) is 0.707. The molecule has 1 saturated heterocycles. The molecule has 114 valence electrons. The van der Waals surface area contributed by atoms with Crippen LogP contribution in [0.2, 0.25) is 0 Å². The SMILES string of the molecule is CC1(C)C2CCC1(C)C(OC(=O)CCC1CCCO1)C2. The third-order valence-electron chi connectivity index (χ3n) is 6.68. The van der Waals surface area contributed by atoms with Gasteiger partial charge in [0, 0.05) is 18.4 Å². The molecule has 0 N–H and O–H groups in total. The van der Waals surface area contributed by atoms with Crippen LogP contribution in [0.5, 0.6) is 0 Å². The zero-order valence-corrected chi connectivity index (χ0v) is 13.1. The Kier molecular flexibility index (Phi) is 3.60. The number of hydrogen-bond acceptors (Lipinski definition) is 3. The molecule has 0 aromatic carbocycles.